The van der Waals surface area contributed by atoms with Gasteiger partial charge in [0.05, 0.1) is 4.90 Å². The highest BCUT2D eigenvalue weighted by Gasteiger charge is 2.32. The van der Waals surface area contributed by atoms with E-state index in [1.165, 1.54) is 11.3 Å². The predicted molar refractivity (Wildman–Crippen MR) is 75.1 cm³/mol. The molecule has 0 bridgehead atoms. The van der Waals surface area contributed by atoms with Crippen molar-refractivity contribution in [2.24, 2.45) is 0 Å². The molecule has 1 heterocycles. The molecule has 0 aliphatic heterocycles. The molecule has 0 aliphatic carbocycles. The van der Waals surface area contributed by atoms with Gasteiger partial charge in [-0.3, -0.25) is 4.79 Å². The standard InChI is InChI=1S/C12H19NO4S2/c1-5-8(2)13(7-12(14)15)19(16,17)11-6-9(3)18-10(11)4/h6,8H,5,7H2,1-4H3,(H,14,15). The average Bonchev–Trinajstić information content (AvgIpc) is 2.64. The first-order valence-corrected chi connectivity index (χ1v) is 8.26. The van der Waals surface area contributed by atoms with Crippen LogP contribution in [0.3, 0.4) is 0 Å². The second-order valence-electron chi connectivity index (χ2n) is 4.48. The van der Waals surface area contributed by atoms with Gasteiger partial charge in [0, 0.05) is 15.8 Å². The molecular weight excluding hydrogens is 286 g/mol. The summed E-state index contributed by atoms with van der Waals surface area (Å²) in [7, 11) is -3.75. The lowest BCUT2D eigenvalue weighted by molar-refractivity contribution is -0.137. The summed E-state index contributed by atoms with van der Waals surface area (Å²) in [5.74, 6) is -1.14. The summed E-state index contributed by atoms with van der Waals surface area (Å²) in [4.78, 5) is 12.7. The Kier molecular flexibility index (Phi) is 5.11. The summed E-state index contributed by atoms with van der Waals surface area (Å²) in [5, 5.41) is 8.91. The van der Waals surface area contributed by atoms with Gasteiger partial charge in [0.2, 0.25) is 10.0 Å². The molecule has 0 aromatic carbocycles. The molecule has 0 amide bonds. The molecule has 0 fully saturated rings. The van der Waals surface area contributed by atoms with E-state index in [4.69, 9.17) is 5.11 Å². The van der Waals surface area contributed by atoms with E-state index in [1.807, 2.05) is 13.8 Å². The molecule has 1 aromatic rings. The lowest BCUT2D eigenvalue weighted by atomic mass is 10.2. The van der Waals surface area contributed by atoms with E-state index in [9.17, 15) is 13.2 Å². The van der Waals surface area contributed by atoms with Crippen molar-refractivity contribution in [3.05, 3.63) is 15.8 Å². The number of hydrogen-bond donors (Lipinski definition) is 1. The summed E-state index contributed by atoms with van der Waals surface area (Å²) in [6, 6.07) is 1.26. The smallest absolute Gasteiger partial charge is 0.318 e. The minimum Gasteiger partial charge on any atom is -0.480 e. The van der Waals surface area contributed by atoms with Crippen molar-refractivity contribution in [3.8, 4) is 0 Å². The van der Waals surface area contributed by atoms with Crippen molar-refractivity contribution in [1.82, 2.24) is 4.31 Å². The van der Waals surface area contributed by atoms with Gasteiger partial charge < -0.3 is 5.11 Å². The van der Waals surface area contributed by atoms with Crippen LogP contribution in [-0.4, -0.2) is 36.4 Å². The van der Waals surface area contributed by atoms with Crippen molar-refractivity contribution in [2.75, 3.05) is 6.54 Å². The van der Waals surface area contributed by atoms with E-state index in [-0.39, 0.29) is 10.9 Å². The zero-order chi connectivity index (χ0) is 14.8. The summed E-state index contributed by atoms with van der Waals surface area (Å²) in [5.41, 5.74) is 0. The van der Waals surface area contributed by atoms with E-state index >= 15 is 0 Å². The molecule has 0 radical (unpaired) electrons. The number of aryl methyl sites for hydroxylation is 2. The van der Waals surface area contributed by atoms with Crippen LogP contribution in [0, 0.1) is 13.8 Å². The van der Waals surface area contributed by atoms with Gasteiger partial charge in [0.1, 0.15) is 6.54 Å². The van der Waals surface area contributed by atoms with E-state index in [1.54, 1.807) is 19.9 Å². The molecule has 7 heteroatoms. The van der Waals surface area contributed by atoms with Crippen LogP contribution in [0.25, 0.3) is 0 Å². The van der Waals surface area contributed by atoms with Crippen LogP contribution in [0.2, 0.25) is 0 Å². The van der Waals surface area contributed by atoms with Crippen LogP contribution < -0.4 is 0 Å². The third kappa shape index (κ3) is 3.55. The minimum atomic E-state index is -3.75. The third-order valence-electron chi connectivity index (χ3n) is 2.96. The lowest BCUT2D eigenvalue weighted by Crippen LogP contribution is -2.41. The van der Waals surface area contributed by atoms with Gasteiger partial charge >= 0.3 is 5.97 Å². The van der Waals surface area contributed by atoms with Crippen LogP contribution in [-0.2, 0) is 14.8 Å². The van der Waals surface area contributed by atoms with Gasteiger partial charge in [0.25, 0.3) is 0 Å². The highest BCUT2D eigenvalue weighted by molar-refractivity contribution is 7.89. The van der Waals surface area contributed by atoms with Gasteiger partial charge in [-0.25, -0.2) is 8.42 Å². The number of hydrogen-bond acceptors (Lipinski definition) is 4. The number of carbonyl (C=O) groups is 1. The van der Waals surface area contributed by atoms with E-state index in [2.05, 4.69) is 0 Å². The zero-order valence-corrected chi connectivity index (χ0v) is 13.1. The first kappa shape index (κ1) is 16.1. The maximum Gasteiger partial charge on any atom is 0.318 e. The monoisotopic (exact) mass is 305 g/mol. The molecule has 5 nitrogen and oxygen atoms in total. The first-order valence-electron chi connectivity index (χ1n) is 6.00. The molecular formula is C12H19NO4S2. The van der Waals surface area contributed by atoms with Gasteiger partial charge in [-0.2, -0.15) is 4.31 Å². The maximum atomic E-state index is 12.6. The Morgan fingerprint density at radius 1 is 1.47 bits per heavy atom. The molecule has 1 unspecified atom stereocenters. The van der Waals surface area contributed by atoms with Crippen LogP contribution in [0.4, 0.5) is 0 Å². The second kappa shape index (κ2) is 6.02. The van der Waals surface area contributed by atoms with E-state index in [0.717, 1.165) is 9.18 Å². The number of sulfonamides is 1. The van der Waals surface area contributed by atoms with Gasteiger partial charge in [-0.1, -0.05) is 6.92 Å². The predicted octanol–water partition coefficient (Wildman–Crippen LogP) is 2.24. The van der Waals surface area contributed by atoms with Gasteiger partial charge in [-0.05, 0) is 33.3 Å². The van der Waals surface area contributed by atoms with Crippen LogP contribution in [0.1, 0.15) is 30.0 Å². The number of carboxylic acids is 1. The summed E-state index contributed by atoms with van der Waals surface area (Å²) in [6.45, 7) is 6.61. The van der Waals surface area contributed by atoms with Crippen molar-refractivity contribution in [2.45, 2.75) is 45.1 Å². The van der Waals surface area contributed by atoms with Crippen LogP contribution in [0.15, 0.2) is 11.0 Å². The Labute approximate surface area is 117 Å². The molecule has 1 aromatic heterocycles. The molecule has 0 aliphatic rings. The molecule has 1 rings (SSSR count). The Balaban J connectivity index is 3.27. The average molecular weight is 305 g/mol. The van der Waals surface area contributed by atoms with Crippen LogP contribution in [0.5, 0.6) is 0 Å². The Hall–Kier alpha value is -0.920. The highest BCUT2D eigenvalue weighted by Crippen LogP contribution is 2.28. The minimum absolute atomic E-state index is 0.219. The second-order valence-corrected chi connectivity index (χ2v) is 7.80. The first-order chi connectivity index (χ1) is 8.70. The SMILES string of the molecule is CCC(C)N(CC(=O)O)S(=O)(=O)c1cc(C)sc1C. The number of carboxylic acid groups (broad SMARTS) is 1. The molecule has 1 N–H and O–H groups in total. The largest absolute Gasteiger partial charge is 0.480 e. The maximum absolute atomic E-state index is 12.6. The highest BCUT2D eigenvalue weighted by atomic mass is 32.2. The topological polar surface area (TPSA) is 74.7 Å². The van der Waals surface area contributed by atoms with Crippen molar-refractivity contribution >= 4 is 27.3 Å². The van der Waals surface area contributed by atoms with Gasteiger partial charge in [-0.15, -0.1) is 11.3 Å². The van der Waals surface area contributed by atoms with E-state index < -0.39 is 22.5 Å². The quantitative estimate of drug-likeness (QED) is 0.874. The fourth-order valence-corrected chi connectivity index (χ4v) is 4.98. The molecule has 1 atom stereocenters. The Bertz CT molecular complexity index is 562. The molecule has 0 spiro atoms. The fraction of sp³-hybridized carbons (Fsp3) is 0.583. The van der Waals surface area contributed by atoms with Gasteiger partial charge in [0.15, 0.2) is 0 Å². The summed E-state index contributed by atoms with van der Waals surface area (Å²) >= 11 is 1.40. The number of rotatable bonds is 6. The number of thiophene rings is 1. The fourth-order valence-electron chi connectivity index (χ4n) is 1.80. The summed E-state index contributed by atoms with van der Waals surface area (Å²) < 4.78 is 26.2. The molecule has 19 heavy (non-hydrogen) atoms. The molecule has 0 saturated heterocycles. The summed E-state index contributed by atoms with van der Waals surface area (Å²) in [6.07, 6.45) is 0.564. The molecule has 108 valence electrons. The zero-order valence-electron chi connectivity index (χ0n) is 11.5. The Morgan fingerprint density at radius 3 is 2.42 bits per heavy atom. The van der Waals surface area contributed by atoms with E-state index in [0.29, 0.717) is 11.3 Å². The van der Waals surface area contributed by atoms with Crippen molar-refractivity contribution in [1.29, 1.82) is 0 Å². The normalized spacial score (nSPS) is 13.7. The van der Waals surface area contributed by atoms with Crippen LogP contribution >= 0.6 is 11.3 Å². The third-order valence-corrected chi connectivity index (χ3v) is 6.14. The Morgan fingerprint density at radius 2 is 2.05 bits per heavy atom. The lowest BCUT2D eigenvalue weighted by Gasteiger charge is -2.25. The number of nitrogens with zero attached hydrogens (tertiary/aromatic N) is 1. The number of aliphatic carboxylic acids is 1. The van der Waals surface area contributed by atoms with Crippen molar-refractivity contribution in [3.63, 3.8) is 0 Å². The molecule has 0 saturated carbocycles. The van der Waals surface area contributed by atoms with Crippen molar-refractivity contribution < 1.29 is 18.3 Å².